The molecule has 26 heavy (non-hydrogen) atoms. The van der Waals surface area contributed by atoms with Gasteiger partial charge in [-0.15, -0.1) is 11.8 Å². The number of carbonyl (C=O) groups is 2. The van der Waals surface area contributed by atoms with Crippen LogP contribution in [0.5, 0.6) is 5.75 Å². The SMILES string of the molecule is CSc1ccccc1NC(=O)CN(C)C(=O)[C@H](C)Oc1cccc(C)c1. The molecule has 2 rings (SSSR count). The van der Waals surface area contributed by atoms with Crippen molar-refractivity contribution in [2.45, 2.75) is 24.8 Å². The summed E-state index contributed by atoms with van der Waals surface area (Å²) in [4.78, 5) is 27.1. The van der Waals surface area contributed by atoms with Crippen molar-refractivity contribution in [1.82, 2.24) is 4.90 Å². The summed E-state index contributed by atoms with van der Waals surface area (Å²) in [7, 11) is 1.60. The highest BCUT2D eigenvalue weighted by molar-refractivity contribution is 7.98. The Morgan fingerprint density at radius 1 is 1.19 bits per heavy atom. The van der Waals surface area contributed by atoms with Gasteiger partial charge < -0.3 is 15.0 Å². The molecule has 0 heterocycles. The minimum absolute atomic E-state index is 0.0386. The van der Waals surface area contributed by atoms with Gasteiger partial charge in [-0.2, -0.15) is 0 Å². The minimum atomic E-state index is -0.673. The molecule has 6 heteroatoms. The van der Waals surface area contributed by atoms with Crippen LogP contribution in [0.1, 0.15) is 12.5 Å². The third kappa shape index (κ3) is 5.52. The number of rotatable bonds is 7. The molecule has 2 amide bonds. The van der Waals surface area contributed by atoms with Crippen LogP contribution >= 0.6 is 11.8 Å². The summed E-state index contributed by atoms with van der Waals surface area (Å²) < 4.78 is 5.69. The van der Waals surface area contributed by atoms with E-state index in [4.69, 9.17) is 4.74 Å². The predicted octanol–water partition coefficient (Wildman–Crippen LogP) is 3.58. The highest BCUT2D eigenvalue weighted by atomic mass is 32.2. The van der Waals surface area contributed by atoms with E-state index in [-0.39, 0.29) is 18.4 Å². The van der Waals surface area contributed by atoms with E-state index in [0.717, 1.165) is 16.1 Å². The highest BCUT2D eigenvalue weighted by Crippen LogP contribution is 2.24. The fraction of sp³-hybridized carbons (Fsp3) is 0.300. The van der Waals surface area contributed by atoms with Crippen LogP contribution in [0.2, 0.25) is 0 Å². The molecule has 0 radical (unpaired) electrons. The van der Waals surface area contributed by atoms with Crippen LogP contribution in [0.15, 0.2) is 53.4 Å². The molecule has 138 valence electrons. The molecule has 0 fully saturated rings. The third-order valence-corrected chi connectivity index (χ3v) is 4.58. The van der Waals surface area contributed by atoms with Crippen molar-refractivity contribution >= 4 is 29.3 Å². The normalized spacial score (nSPS) is 11.5. The third-order valence-electron chi connectivity index (χ3n) is 3.79. The lowest BCUT2D eigenvalue weighted by Crippen LogP contribution is -2.42. The van der Waals surface area contributed by atoms with Crippen molar-refractivity contribution < 1.29 is 14.3 Å². The lowest BCUT2D eigenvalue weighted by atomic mass is 10.2. The van der Waals surface area contributed by atoms with Crippen molar-refractivity contribution in [3.63, 3.8) is 0 Å². The van der Waals surface area contributed by atoms with Crippen LogP contribution in [0.25, 0.3) is 0 Å². The van der Waals surface area contributed by atoms with E-state index in [9.17, 15) is 9.59 Å². The number of nitrogens with zero attached hydrogens (tertiary/aromatic N) is 1. The quantitative estimate of drug-likeness (QED) is 0.755. The van der Waals surface area contributed by atoms with Gasteiger partial charge in [-0.05, 0) is 49.9 Å². The first kappa shape index (κ1) is 19.8. The van der Waals surface area contributed by atoms with Gasteiger partial charge in [0, 0.05) is 11.9 Å². The van der Waals surface area contributed by atoms with Crippen molar-refractivity contribution in [3.8, 4) is 5.75 Å². The van der Waals surface area contributed by atoms with Crippen molar-refractivity contribution in [2.24, 2.45) is 0 Å². The zero-order chi connectivity index (χ0) is 19.1. The average Bonchev–Trinajstić information content (AvgIpc) is 2.61. The van der Waals surface area contributed by atoms with Gasteiger partial charge in [0.25, 0.3) is 5.91 Å². The van der Waals surface area contributed by atoms with E-state index >= 15 is 0 Å². The van der Waals surface area contributed by atoms with Gasteiger partial charge >= 0.3 is 0 Å². The topological polar surface area (TPSA) is 58.6 Å². The zero-order valence-electron chi connectivity index (χ0n) is 15.5. The highest BCUT2D eigenvalue weighted by Gasteiger charge is 2.21. The monoisotopic (exact) mass is 372 g/mol. The number of carbonyl (C=O) groups excluding carboxylic acids is 2. The lowest BCUT2D eigenvalue weighted by Gasteiger charge is -2.22. The molecule has 2 aromatic rings. The Morgan fingerprint density at radius 2 is 1.92 bits per heavy atom. The first-order valence-electron chi connectivity index (χ1n) is 8.32. The van der Waals surface area contributed by atoms with Gasteiger partial charge in [-0.1, -0.05) is 24.3 Å². The molecule has 0 aliphatic rings. The molecule has 5 nitrogen and oxygen atoms in total. The van der Waals surface area contributed by atoms with Gasteiger partial charge in [0.15, 0.2) is 6.10 Å². The number of hydrogen-bond donors (Lipinski definition) is 1. The molecule has 0 unspecified atom stereocenters. The molecule has 0 aromatic heterocycles. The van der Waals surface area contributed by atoms with E-state index in [1.165, 1.54) is 4.90 Å². The number of nitrogens with one attached hydrogen (secondary N) is 1. The number of aryl methyl sites for hydroxylation is 1. The summed E-state index contributed by atoms with van der Waals surface area (Å²) in [5, 5.41) is 2.85. The van der Waals surface area contributed by atoms with Gasteiger partial charge in [-0.25, -0.2) is 0 Å². The Kier molecular flexibility index (Phi) is 7.09. The molecular weight excluding hydrogens is 348 g/mol. The first-order chi connectivity index (χ1) is 12.4. The molecular formula is C20H24N2O3S. The summed E-state index contributed by atoms with van der Waals surface area (Å²) in [5.41, 5.74) is 1.80. The maximum Gasteiger partial charge on any atom is 0.263 e. The van der Waals surface area contributed by atoms with Crippen molar-refractivity contribution in [2.75, 3.05) is 25.2 Å². The Labute approximate surface area is 158 Å². The standard InChI is InChI=1S/C20H24N2O3S/c1-14-8-7-9-16(12-14)25-15(2)20(24)22(3)13-19(23)21-17-10-5-6-11-18(17)26-4/h5-12,15H,13H2,1-4H3,(H,21,23)/t15-/m0/s1. The minimum Gasteiger partial charge on any atom is -0.481 e. The summed E-state index contributed by atoms with van der Waals surface area (Å²) in [6, 6.07) is 15.1. The molecule has 0 spiro atoms. The fourth-order valence-electron chi connectivity index (χ4n) is 2.48. The summed E-state index contributed by atoms with van der Waals surface area (Å²) >= 11 is 1.55. The van der Waals surface area contributed by atoms with E-state index < -0.39 is 6.10 Å². The number of ether oxygens (including phenoxy) is 1. The zero-order valence-corrected chi connectivity index (χ0v) is 16.3. The van der Waals surface area contributed by atoms with Gasteiger partial charge in [-0.3, -0.25) is 9.59 Å². The number of amides is 2. The van der Waals surface area contributed by atoms with Crippen molar-refractivity contribution in [1.29, 1.82) is 0 Å². The Morgan fingerprint density at radius 3 is 2.62 bits per heavy atom. The molecule has 0 saturated heterocycles. The molecule has 0 aliphatic heterocycles. The number of likely N-dealkylation sites (N-methyl/N-ethyl adjacent to an activating group) is 1. The van der Waals surface area contributed by atoms with Crippen LogP contribution in [-0.4, -0.2) is 42.7 Å². The predicted molar refractivity (Wildman–Crippen MR) is 106 cm³/mol. The number of para-hydroxylation sites is 1. The molecule has 0 bridgehead atoms. The van der Waals surface area contributed by atoms with E-state index in [1.54, 1.807) is 25.7 Å². The van der Waals surface area contributed by atoms with Crippen LogP contribution < -0.4 is 10.1 Å². The summed E-state index contributed by atoms with van der Waals surface area (Å²) in [5.74, 6) is 0.141. The molecule has 0 aliphatic carbocycles. The second kappa shape index (κ2) is 9.29. The van der Waals surface area contributed by atoms with E-state index in [0.29, 0.717) is 5.75 Å². The maximum absolute atomic E-state index is 12.5. The molecule has 0 saturated carbocycles. The van der Waals surface area contributed by atoms with E-state index in [2.05, 4.69) is 5.32 Å². The van der Waals surface area contributed by atoms with Gasteiger partial charge in [0.1, 0.15) is 5.75 Å². The number of benzene rings is 2. The van der Waals surface area contributed by atoms with Crippen molar-refractivity contribution in [3.05, 3.63) is 54.1 Å². The number of hydrogen-bond acceptors (Lipinski definition) is 4. The summed E-state index contributed by atoms with van der Waals surface area (Å²) in [6.45, 7) is 3.60. The Balaban J connectivity index is 1.92. The Bertz CT molecular complexity index is 779. The summed E-state index contributed by atoms with van der Waals surface area (Å²) in [6.07, 6.45) is 1.28. The first-order valence-corrected chi connectivity index (χ1v) is 9.54. The molecule has 1 atom stereocenters. The molecule has 1 N–H and O–H groups in total. The van der Waals surface area contributed by atoms with Crippen LogP contribution in [-0.2, 0) is 9.59 Å². The lowest BCUT2D eigenvalue weighted by molar-refractivity contribution is -0.139. The second-order valence-electron chi connectivity index (χ2n) is 6.02. The second-order valence-corrected chi connectivity index (χ2v) is 6.87. The van der Waals surface area contributed by atoms with Crippen LogP contribution in [0, 0.1) is 6.92 Å². The van der Waals surface area contributed by atoms with Gasteiger partial charge in [0.2, 0.25) is 5.91 Å². The van der Waals surface area contributed by atoms with E-state index in [1.807, 2.05) is 61.7 Å². The van der Waals surface area contributed by atoms with Crippen LogP contribution in [0.4, 0.5) is 5.69 Å². The Hall–Kier alpha value is -2.47. The smallest absolute Gasteiger partial charge is 0.263 e. The number of anilines is 1. The fourth-order valence-corrected chi connectivity index (χ4v) is 3.04. The number of thioether (sulfide) groups is 1. The van der Waals surface area contributed by atoms with Gasteiger partial charge in [0.05, 0.1) is 12.2 Å². The maximum atomic E-state index is 12.5. The van der Waals surface area contributed by atoms with Crippen LogP contribution in [0.3, 0.4) is 0 Å². The molecule has 2 aromatic carbocycles. The largest absolute Gasteiger partial charge is 0.481 e. The average molecular weight is 372 g/mol.